The number of aliphatic hydroxyl groups is 3. The van der Waals surface area contributed by atoms with Gasteiger partial charge in [0.2, 0.25) is 6.29 Å². The van der Waals surface area contributed by atoms with Crippen molar-refractivity contribution in [2.75, 3.05) is 0 Å². The molecule has 1 heterocycles. The summed E-state index contributed by atoms with van der Waals surface area (Å²) in [5.74, 6) is -3.41. The lowest BCUT2D eigenvalue weighted by Crippen LogP contribution is -2.61. The molecule has 25 heavy (non-hydrogen) atoms. The van der Waals surface area contributed by atoms with Gasteiger partial charge in [-0.1, -0.05) is 6.07 Å². The molecule has 0 spiro atoms. The maximum Gasteiger partial charge on any atom is 0.335 e. The molecule has 1 fully saturated rings. The summed E-state index contributed by atoms with van der Waals surface area (Å²) in [5, 5.41) is 56.6. The molecule has 10 nitrogen and oxygen atoms in total. The number of ether oxygens (including phenoxy) is 2. The molecule has 1 saturated heterocycles. The summed E-state index contributed by atoms with van der Waals surface area (Å²) in [6.45, 7) is 0. The predicted octanol–water partition coefficient (Wildman–Crippen LogP) is -1.24. The average molecular weight is 356 g/mol. The van der Waals surface area contributed by atoms with Gasteiger partial charge >= 0.3 is 11.9 Å². The van der Waals surface area contributed by atoms with Crippen molar-refractivity contribution in [2.24, 2.45) is 0 Å². The van der Waals surface area contributed by atoms with Gasteiger partial charge in [-0.3, -0.25) is 0 Å². The van der Waals surface area contributed by atoms with Crippen molar-refractivity contribution >= 4 is 18.0 Å². The minimum Gasteiger partial charge on any atom is -0.504 e. The van der Waals surface area contributed by atoms with Gasteiger partial charge in [0.1, 0.15) is 18.3 Å². The Kier molecular flexibility index (Phi) is 5.59. The van der Waals surface area contributed by atoms with E-state index in [0.29, 0.717) is 5.56 Å². The highest BCUT2D eigenvalue weighted by molar-refractivity contribution is 5.85. The van der Waals surface area contributed by atoms with Crippen LogP contribution in [0.5, 0.6) is 11.5 Å². The van der Waals surface area contributed by atoms with Crippen molar-refractivity contribution in [3.8, 4) is 11.5 Å². The van der Waals surface area contributed by atoms with Crippen molar-refractivity contribution in [3.63, 3.8) is 0 Å². The SMILES string of the molecule is O=C(O)/C=C/c1ccc(O)c(OC2O[C@H](C(=O)O)[C@@H](O)[C@H](O)[C@H]2O)c1. The lowest BCUT2D eigenvalue weighted by Gasteiger charge is -2.38. The Morgan fingerprint density at radius 1 is 1.08 bits per heavy atom. The Balaban J connectivity index is 2.23. The van der Waals surface area contributed by atoms with Gasteiger partial charge in [-0.05, 0) is 23.8 Å². The third kappa shape index (κ3) is 4.25. The molecule has 1 aromatic carbocycles. The van der Waals surface area contributed by atoms with Crippen molar-refractivity contribution in [1.29, 1.82) is 0 Å². The van der Waals surface area contributed by atoms with Crippen LogP contribution in [0.1, 0.15) is 5.56 Å². The number of aromatic hydroxyl groups is 1. The highest BCUT2D eigenvalue weighted by atomic mass is 16.7. The van der Waals surface area contributed by atoms with Crippen molar-refractivity contribution in [1.82, 2.24) is 0 Å². The largest absolute Gasteiger partial charge is 0.504 e. The van der Waals surface area contributed by atoms with Crippen LogP contribution in [0.4, 0.5) is 0 Å². The number of aliphatic hydroxyl groups excluding tert-OH is 3. The van der Waals surface area contributed by atoms with E-state index < -0.39 is 48.4 Å². The molecule has 2 rings (SSSR count). The van der Waals surface area contributed by atoms with Gasteiger partial charge in [0.15, 0.2) is 17.6 Å². The number of rotatable bonds is 5. The van der Waals surface area contributed by atoms with Gasteiger partial charge < -0.3 is 40.1 Å². The van der Waals surface area contributed by atoms with E-state index in [0.717, 1.165) is 6.08 Å². The van der Waals surface area contributed by atoms with E-state index in [1.165, 1.54) is 24.3 Å². The molecule has 6 N–H and O–H groups in total. The smallest absolute Gasteiger partial charge is 0.335 e. The molecule has 1 unspecified atom stereocenters. The lowest BCUT2D eigenvalue weighted by molar-refractivity contribution is -0.271. The molecule has 0 aromatic heterocycles. The van der Waals surface area contributed by atoms with Gasteiger partial charge in [0, 0.05) is 6.08 Å². The number of carboxylic acids is 2. The summed E-state index contributed by atoms with van der Waals surface area (Å²) in [7, 11) is 0. The third-order valence-electron chi connectivity index (χ3n) is 3.46. The van der Waals surface area contributed by atoms with Crippen LogP contribution in [-0.2, 0) is 14.3 Å². The third-order valence-corrected chi connectivity index (χ3v) is 3.46. The Morgan fingerprint density at radius 3 is 2.36 bits per heavy atom. The summed E-state index contributed by atoms with van der Waals surface area (Å²) in [6.07, 6.45) is -6.98. The predicted molar refractivity (Wildman–Crippen MR) is 79.7 cm³/mol. The topological polar surface area (TPSA) is 174 Å². The van der Waals surface area contributed by atoms with E-state index in [1.54, 1.807) is 0 Å². The maximum absolute atomic E-state index is 11.0. The molecule has 0 saturated carbocycles. The van der Waals surface area contributed by atoms with E-state index in [2.05, 4.69) is 0 Å². The highest BCUT2D eigenvalue weighted by Gasteiger charge is 2.48. The molecule has 1 aliphatic rings. The molecule has 136 valence electrons. The number of carbonyl (C=O) groups is 2. The fourth-order valence-corrected chi connectivity index (χ4v) is 2.17. The Labute approximate surface area is 140 Å². The number of phenols is 1. The first-order chi connectivity index (χ1) is 11.7. The van der Waals surface area contributed by atoms with Crippen LogP contribution in [0.25, 0.3) is 6.08 Å². The van der Waals surface area contributed by atoms with Gasteiger partial charge in [-0.25, -0.2) is 9.59 Å². The van der Waals surface area contributed by atoms with Crippen LogP contribution >= 0.6 is 0 Å². The fourth-order valence-electron chi connectivity index (χ4n) is 2.17. The van der Waals surface area contributed by atoms with Crippen LogP contribution in [0.3, 0.4) is 0 Å². The van der Waals surface area contributed by atoms with Crippen LogP contribution < -0.4 is 4.74 Å². The monoisotopic (exact) mass is 356 g/mol. The number of aliphatic carboxylic acids is 2. The molecular formula is C15H16O10. The second-order valence-electron chi connectivity index (χ2n) is 5.25. The summed E-state index contributed by atoms with van der Waals surface area (Å²) < 4.78 is 10.1. The first-order valence-corrected chi connectivity index (χ1v) is 7.04. The Morgan fingerprint density at radius 2 is 1.76 bits per heavy atom. The lowest BCUT2D eigenvalue weighted by atomic mass is 9.99. The quantitative estimate of drug-likeness (QED) is 0.350. The first kappa shape index (κ1) is 18.7. The minimum absolute atomic E-state index is 0.246. The number of phenolic OH excluding ortho intramolecular Hbond substituents is 1. The maximum atomic E-state index is 11.0. The summed E-state index contributed by atoms with van der Waals surface area (Å²) in [4.78, 5) is 21.6. The van der Waals surface area contributed by atoms with Crippen LogP contribution in [-0.4, -0.2) is 73.3 Å². The van der Waals surface area contributed by atoms with Gasteiger partial charge in [0.05, 0.1) is 0 Å². The minimum atomic E-state index is -1.87. The molecule has 5 atom stereocenters. The number of benzene rings is 1. The van der Waals surface area contributed by atoms with E-state index in [4.69, 9.17) is 19.7 Å². The molecule has 1 aliphatic heterocycles. The molecule has 0 aliphatic carbocycles. The molecular weight excluding hydrogens is 340 g/mol. The average Bonchev–Trinajstić information content (AvgIpc) is 2.55. The fraction of sp³-hybridized carbons (Fsp3) is 0.333. The molecule has 0 bridgehead atoms. The van der Waals surface area contributed by atoms with E-state index in [-0.39, 0.29) is 5.75 Å². The number of carboxylic acid groups (broad SMARTS) is 2. The van der Waals surface area contributed by atoms with Gasteiger partial charge in [-0.15, -0.1) is 0 Å². The standard InChI is InChI=1S/C15H16O10/c16-7-3-1-6(2-4-9(17)18)5-8(7)24-15-12(21)10(19)11(20)13(25-15)14(22)23/h1-5,10-13,15-16,19-21H,(H,17,18)(H,22,23)/b4-2+/t10-,11-,12+,13-,15?/m0/s1. The van der Waals surface area contributed by atoms with Crippen LogP contribution in [0.15, 0.2) is 24.3 Å². The van der Waals surface area contributed by atoms with E-state index in [1.807, 2.05) is 0 Å². The normalized spacial score (nSPS) is 29.5. The molecule has 1 aromatic rings. The highest BCUT2D eigenvalue weighted by Crippen LogP contribution is 2.31. The van der Waals surface area contributed by atoms with Crippen molar-refractivity contribution < 1.29 is 49.7 Å². The first-order valence-electron chi connectivity index (χ1n) is 7.04. The zero-order valence-corrected chi connectivity index (χ0v) is 12.6. The Bertz CT molecular complexity index is 685. The molecule has 0 radical (unpaired) electrons. The van der Waals surface area contributed by atoms with E-state index >= 15 is 0 Å². The summed E-state index contributed by atoms with van der Waals surface area (Å²) in [6, 6.07) is 3.79. The van der Waals surface area contributed by atoms with Crippen LogP contribution in [0, 0.1) is 0 Å². The van der Waals surface area contributed by atoms with Gasteiger partial charge in [-0.2, -0.15) is 0 Å². The second kappa shape index (κ2) is 7.49. The molecule has 10 heteroatoms. The Hall–Kier alpha value is -2.66. The number of hydrogen-bond acceptors (Lipinski definition) is 8. The van der Waals surface area contributed by atoms with Crippen molar-refractivity contribution in [3.05, 3.63) is 29.8 Å². The molecule has 0 amide bonds. The summed E-state index contributed by atoms with van der Waals surface area (Å²) >= 11 is 0. The second-order valence-corrected chi connectivity index (χ2v) is 5.25. The van der Waals surface area contributed by atoms with Crippen LogP contribution in [0.2, 0.25) is 0 Å². The summed E-state index contributed by atoms with van der Waals surface area (Å²) in [5.41, 5.74) is 0.330. The van der Waals surface area contributed by atoms with Crippen molar-refractivity contribution in [2.45, 2.75) is 30.7 Å². The van der Waals surface area contributed by atoms with Gasteiger partial charge in [0.25, 0.3) is 0 Å². The van der Waals surface area contributed by atoms with E-state index in [9.17, 15) is 30.0 Å². The zero-order chi connectivity index (χ0) is 18.7. The number of hydrogen-bond donors (Lipinski definition) is 6. The zero-order valence-electron chi connectivity index (χ0n) is 12.6.